The number of H-pyrrole nitrogens is 1. The van der Waals surface area contributed by atoms with Crippen molar-refractivity contribution >= 4 is 5.91 Å². The minimum atomic E-state index is -0.275. The van der Waals surface area contributed by atoms with Gasteiger partial charge in [-0.3, -0.25) is 9.59 Å². The highest BCUT2D eigenvalue weighted by molar-refractivity contribution is 5.93. The first-order valence-electron chi connectivity index (χ1n) is 5.14. The maximum Gasteiger partial charge on any atom is 0.256 e. The molecule has 0 radical (unpaired) electrons. The molecule has 1 aromatic heterocycles. The smallest absolute Gasteiger partial charge is 0.256 e. The summed E-state index contributed by atoms with van der Waals surface area (Å²) in [5.41, 5.74) is 0.736. The molecule has 1 amide bonds. The van der Waals surface area contributed by atoms with Gasteiger partial charge in [-0.1, -0.05) is 0 Å². The van der Waals surface area contributed by atoms with E-state index in [0.717, 1.165) is 5.69 Å². The number of nitrogens with one attached hydrogen (secondary N) is 2. The molecule has 15 heavy (non-hydrogen) atoms. The second kappa shape index (κ2) is 3.88. The Morgan fingerprint density at radius 2 is 2.33 bits per heavy atom. The molecule has 0 aliphatic heterocycles. The first-order valence-corrected chi connectivity index (χ1v) is 5.14. The Bertz CT molecular complexity index is 432. The van der Waals surface area contributed by atoms with Crippen LogP contribution in [0.3, 0.4) is 0 Å². The lowest BCUT2D eigenvalue weighted by atomic mass is 10.2. The van der Waals surface area contributed by atoms with Crippen LogP contribution in [-0.2, 0) is 0 Å². The molecular formula is C11H14N2O2. The number of amides is 1. The molecule has 4 nitrogen and oxygen atoms in total. The van der Waals surface area contributed by atoms with E-state index in [4.69, 9.17) is 0 Å². The second-order valence-corrected chi connectivity index (χ2v) is 4.05. The molecular weight excluding hydrogens is 192 g/mol. The summed E-state index contributed by atoms with van der Waals surface area (Å²) in [5.74, 6) is 0.349. The lowest BCUT2D eigenvalue weighted by Gasteiger charge is -2.03. The van der Waals surface area contributed by atoms with E-state index in [-0.39, 0.29) is 16.9 Å². The minimum absolute atomic E-state index is 0.196. The van der Waals surface area contributed by atoms with Crippen molar-refractivity contribution in [3.63, 3.8) is 0 Å². The number of aryl methyl sites for hydroxylation is 1. The SMILES string of the molecule is Cc1cc(=O)c(C(=O)NCC2CC2)c[nH]1. The molecule has 1 saturated carbocycles. The zero-order chi connectivity index (χ0) is 10.8. The maximum absolute atomic E-state index is 11.6. The average Bonchev–Trinajstić information content (AvgIpc) is 2.97. The highest BCUT2D eigenvalue weighted by atomic mass is 16.2. The predicted molar refractivity (Wildman–Crippen MR) is 56.9 cm³/mol. The third kappa shape index (κ3) is 2.46. The molecule has 2 N–H and O–H groups in total. The Morgan fingerprint density at radius 1 is 1.60 bits per heavy atom. The van der Waals surface area contributed by atoms with Crippen LogP contribution in [0.2, 0.25) is 0 Å². The van der Waals surface area contributed by atoms with Gasteiger partial charge >= 0.3 is 0 Å². The summed E-state index contributed by atoms with van der Waals surface area (Å²) in [4.78, 5) is 25.9. The third-order valence-corrected chi connectivity index (χ3v) is 2.55. The van der Waals surface area contributed by atoms with Gasteiger partial charge in [-0.25, -0.2) is 0 Å². The zero-order valence-corrected chi connectivity index (χ0v) is 8.67. The molecule has 1 aliphatic rings. The van der Waals surface area contributed by atoms with Crippen LogP contribution in [0.5, 0.6) is 0 Å². The lowest BCUT2D eigenvalue weighted by Crippen LogP contribution is -2.30. The molecule has 1 heterocycles. The van der Waals surface area contributed by atoms with Crippen LogP contribution in [0, 0.1) is 12.8 Å². The van der Waals surface area contributed by atoms with Crippen molar-refractivity contribution in [3.8, 4) is 0 Å². The summed E-state index contributed by atoms with van der Waals surface area (Å²) in [6.45, 7) is 2.47. The largest absolute Gasteiger partial charge is 0.364 e. The van der Waals surface area contributed by atoms with E-state index < -0.39 is 0 Å². The summed E-state index contributed by atoms with van der Waals surface area (Å²) in [5, 5.41) is 2.76. The number of hydrogen-bond acceptors (Lipinski definition) is 2. The van der Waals surface area contributed by atoms with Gasteiger partial charge in [-0.05, 0) is 25.7 Å². The Balaban J connectivity index is 2.06. The van der Waals surface area contributed by atoms with Crippen molar-refractivity contribution in [2.45, 2.75) is 19.8 Å². The number of pyridine rings is 1. The average molecular weight is 206 g/mol. The monoisotopic (exact) mass is 206 g/mol. The molecule has 0 saturated heterocycles. The Morgan fingerprint density at radius 3 is 2.93 bits per heavy atom. The van der Waals surface area contributed by atoms with Crippen molar-refractivity contribution in [1.82, 2.24) is 10.3 Å². The van der Waals surface area contributed by atoms with Crippen molar-refractivity contribution in [2.24, 2.45) is 5.92 Å². The van der Waals surface area contributed by atoms with Gasteiger partial charge in [-0.15, -0.1) is 0 Å². The number of hydrogen-bond donors (Lipinski definition) is 2. The highest BCUT2D eigenvalue weighted by Crippen LogP contribution is 2.27. The lowest BCUT2D eigenvalue weighted by molar-refractivity contribution is 0.0950. The summed E-state index contributed by atoms with van der Waals surface area (Å²) in [6.07, 6.45) is 3.84. The Hall–Kier alpha value is -1.58. The fourth-order valence-corrected chi connectivity index (χ4v) is 1.40. The minimum Gasteiger partial charge on any atom is -0.364 e. The molecule has 80 valence electrons. The summed E-state index contributed by atoms with van der Waals surface area (Å²) in [7, 11) is 0. The fourth-order valence-electron chi connectivity index (χ4n) is 1.40. The van der Waals surface area contributed by atoms with E-state index in [0.29, 0.717) is 12.5 Å². The van der Waals surface area contributed by atoms with Crippen molar-refractivity contribution in [3.05, 3.63) is 33.7 Å². The number of carbonyl (C=O) groups is 1. The predicted octanol–water partition coefficient (Wildman–Crippen LogP) is 0.823. The number of aromatic nitrogens is 1. The van der Waals surface area contributed by atoms with Gasteiger partial charge in [0, 0.05) is 24.5 Å². The van der Waals surface area contributed by atoms with E-state index in [1.54, 1.807) is 6.92 Å². The standard InChI is InChI=1S/C11H14N2O2/c1-7-4-10(14)9(6-12-7)11(15)13-5-8-2-3-8/h4,6,8H,2-3,5H2,1H3,(H,12,14)(H,13,15). The van der Waals surface area contributed by atoms with Gasteiger partial charge in [0.25, 0.3) is 5.91 Å². The number of rotatable bonds is 3. The third-order valence-electron chi connectivity index (χ3n) is 2.55. The highest BCUT2D eigenvalue weighted by Gasteiger charge is 2.22. The normalized spacial score (nSPS) is 15.0. The van der Waals surface area contributed by atoms with Crippen molar-refractivity contribution < 1.29 is 4.79 Å². The molecule has 0 aromatic carbocycles. The summed E-state index contributed by atoms with van der Waals surface area (Å²) < 4.78 is 0. The van der Waals surface area contributed by atoms with Gasteiger partial charge < -0.3 is 10.3 Å². The Labute approximate surface area is 87.7 Å². The molecule has 1 aromatic rings. The molecule has 0 unspecified atom stereocenters. The molecule has 0 bridgehead atoms. The zero-order valence-electron chi connectivity index (χ0n) is 8.67. The first kappa shape index (κ1) is 9.96. The van der Waals surface area contributed by atoms with E-state index in [9.17, 15) is 9.59 Å². The quantitative estimate of drug-likeness (QED) is 0.769. The van der Waals surface area contributed by atoms with Gasteiger partial charge in [0.15, 0.2) is 5.43 Å². The van der Waals surface area contributed by atoms with Gasteiger partial charge in [-0.2, -0.15) is 0 Å². The van der Waals surface area contributed by atoms with E-state index in [1.807, 2.05) is 0 Å². The van der Waals surface area contributed by atoms with Gasteiger partial charge in [0.1, 0.15) is 5.56 Å². The van der Waals surface area contributed by atoms with E-state index in [2.05, 4.69) is 10.3 Å². The van der Waals surface area contributed by atoms with Crippen LogP contribution in [-0.4, -0.2) is 17.4 Å². The molecule has 2 rings (SSSR count). The van der Waals surface area contributed by atoms with Gasteiger partial charge in [0.2, 0.25) is 0 Å². The summed E-state index contributed by atoms with van der Waals surface area (Å²) >= 11 is 0. The van der Waals surface area contributed by atoms with Gasteiger partial charge in [0.05, 0.1) is 0 Å². The topological polar surface area (TPSA) is 62.0 Å². The van der Waals surface area contributed by atoms with E-state index >= 15 is 0 Å². The second-order valence-electron chi connectivity index (χ2n) is 4.05. The van der Waals surface area contributed by atoms with Crippen LogP contribution in [0.25, 0.3) is 0 Å². The summed E-state index contributed by atoms with van der Waals surface area (Å²) in [6, 6.07) is 1.44. The first-order chi connectivity index (χ1) is 7.16. The van der Waals surface area contributed by atoms with Crippen molar-refractivity contribution in [1.29, 1.82) is 0 Å². The molecule has 1 fully saturated rings. The fraction of sp³-hybridized carbons (Fsp3) is 0.455. The van der Waals surface area contributed by atoms with Crippen LogP contribution in [0.4, 0.5) is 0 Å². The molecule has 1 aliphatic carbocycles. The molecule has 0 atom stereocenters. The van der Waals surface area contributed by atoms with Crippen LogP contribution < -0.4 is 10.7 Å². The van der Waals surface area contributed by atoms with E-state index in [1.165, 1.54) is 25.1 Å². The number of carbonyl (C=O) groups excluding carboxylic acids is 1. The van der Waals surface area contributed by atoms with Crippen molar-refractivity contribution in [2.75, 3.05) is 6.54 Å². The molecule has 4 heteroatoms. The maximum atomic E-state index is 11.6. The van der Waals surface area contributed by atoms with Crippen LogP contribution >= 0.6 is 0 Å². The Kier molecular flexibility index (Phi) is 2.58. The van der Waals surface area contributed by atoms with Crippen LogP contribution in [0.15, 0.2) is 17.1 Å². The number of aromatic amines is 1. The van der Waals surface area contributed by atoms with Crippen LogP contribution in [0.1, 0.15) is 28.9 Å². The molecule has 0 spiro atoms.